The first-order chi connectivity index (χ1) is 26.8. The number of aryl methyl sites for hydroxylation is 2. The van der Waals surface area contributed by atoms with E-state index in [9.17, 15) is 31.6 Å². The van der Waals surface area contributed by atoms with Gasteiger partial charge in [-0.2, -0.15) is 8.42 Å². The summed E-state index contributed by atoms with van der Waals surface area (Å²) in [7, 11) is -9.00. The zero-order valence-electron chi connectivity index (χ0n) is 33.5. The average Bonchev–Trinajstić information content (AvgIpc) is 3.16. The van der Waals surface area contributed by atoms with Crippen molar-refractivity contribution in [2.24, 2.45) is 0 Å². The van der Waals surface area contributed by atoms with Crippen LogP contribution in [-0.4, -0.2) is 68.8 Å². The molecule has 0 spiro atoms. The molecule has 0 radical (unpaired) electrons. The van der Waals surface area contributed by atoms with Crippen LogP contribution in [0.4, 0.5) is 0 Å². The number of rotatable bonds is 24. The third-order valence-corrected chi connectivity index (χ3v) is 11.1. The Labute approximate surface area is 370 Å². The van der Waals surface area contributed by atoms with Gasteiger partial charge in [0.2, 0.25) is 0 Å². The number of aromatic hydroxyl groups is 1. The maximum atomic E-state index is 11.9. The van der Waals surface area contributed by atoms with E-state index in [-0.39, 0.29) is 59.9 Å². The van der Waals surface area contributed by atoms with Gasteiger partial charge in [0.1, 0.15) is 27.4 Å². The molecule has 10 nitrogen and oxygen atoms in total. The maximum Gasteiger partial charge on any atom is 2.00 e. The molecule has 0 unspecified atom stereocenters. The molecule has 0 heterocycles. The maximum absolute atomic E-state index is 11.9. The second kappa shape index (κ2) is 27.0. The molecule has 0 aliphatic heterocycles. The number of hydrogen-bond donors (Lipinski definition) is 2. The van der Waals surface area contributed by atoms with E-state index in [0.717, 1.165) is 37.5 Å². The van der Waals surface area contributed by atoms with Crippen molar-refractivity contribution in [2.45, 2.75) is 139 Å². The quantitative estimate of drug-likeness (QED) is 0.0392. The normalized spacial score (nSPS) is 11.3. The van der Waals surface area contributed by atoms with Gasteiger partial charge in [0.25, 0.3) is 10.1 Å². The molecule has 13 heteroatoms. The molecule has 0 saturated heterocycles. The first-order valence-electron chi connectivity index (χ1n) is 19.9. The molecule has 4 aromatic rings. The Kier molecular flexibility index (Phi) is 23.8. The summed E-state index contributed by atoms with van der Waals surface area (Å²) in [5.74, 6) is 0.175. The summed E-state index contributed by atoms with van der Waals surface area (Å²) in [6.07, 6.45) is 22.7. The SMILES string of the molecule is CCCCCCCCCCc1ccc(Oc2ccc(S(=O)(=O)O)cc2O)cc1.CCCCCCCCCCc1ccc(Oc2ccc(S(=O)(=O)[O-])cc2[O-])cc1.[Ca+2]. The second-order valence-electron chi connectivity index (χ2n) is 14.1. The number of ether oxygens (including phenoxy) is 2. The van der Waals surface area contributed by atoms with Gasteiger partial charge in [-0.15, -0.1) is 0 Å². The van der Waals surface area contributed by atoms with Gasteiger partial charge in [0.05, 0.1) is 9.79 Å². The molecule has 0 aliphatic carbocycles. The molecular weight excluding hydrogens is 793 g/mol. The monoisotopic (exact) mass is 850 g/mol. The van der Waals surface area contributed by atoms with E-state index in [1.165, 1.54) is 126 Å². The summed E-state index contributed by atoms with van der Waals surface area (Å²) in [6, 6.07) is 21.7. The van der Waals surface area contributed by atoms with E-state index in [2.05, 4.69) is 13.8 Å². The third-order valence-electron chi connectivity index (χ3n) is 9.37. The first-order valence-corrected chi connectivity index (χ1v) is 22.8. The number of phenolic OH excluding ortho intramolecular Hbond substituents is 1. The molecule has 0 atom stereocenters. The molecule has 0 bridgehead atoms. The second-order valence-corrected chi connectivity index (χ2v) is 16.9. The Morgan fingerprint density at radius 3 is 1.30 bits per heavy atom. The van der Waals surface area contributed by atoms with Crippen molar-refractivity contribution >= 4 is 58.0 Å². The zero-order valence-corrected chi connectivity index (χ0v) is 37.3. The van der Waals surface area contributed by atoms with E-state index >= 15 is 0 Å². The van der Waals surface area contributed by atoms with Crippen molar-refractivity contribution < 1.29 is 45.6 Å². The van der Waals surface area contributed by atoms with E-state index < -0.39 is 30.9 Å². The Morgan fingerprint density at radius 1 is 0.526 bits per heavy atom. The molecule has 0 amide bonds. The van der Waals surface area contributed by atoms with Crippen molar-refractivity contribution in [3.8, 4) is 34.5 Å². The molecular formula is C44H58CaO10S2. The van der Waals surface area contributed by atoms with E-state index in [4.69, 9.17) is 14.0 Å². The van der Waals surface area contributed by atoms with Crippen LogP contribution in [0.3, 0.4) is 0 Å². The molecule has 2 N–H and O–H groups in total. The molecule has 308 valence electrons. The Bertz CT molecular complexity index is 1810. The molecule has 0 fully saturated rings. The van der Waals surface area contributed by atoms with Gasteiger partial charge in [0.15, 0.2) is 11.5 Å². The Balaban J connectivity index is 0.000000387. The average molecular weight is 851 g/mol. The molecule has 4 aromatic carbocycles. The van der Waals surface area contributed by atoms with Crippen LogP contribution in [0.15, 0.2) is 94.7 Å². The zero-order chi connectivity index (χ0) is 40.8. The van der Waals surface area contributed by atoms with Crippen LogP contribution in [0.2, 0.25) is 0 Å². The standard InChI is InChI=1S/2C22H30O5S.Ca/c2*1-2-3-4-5-6-7-8-9-10-18-11-13-19(14-12-18)27-22-16-15-20(17-21(22)23)28(24,25)26;/h2*11-17,23H,2-10H2,1H3,(H,24,25,26);/q;;+2/p-2. The molecule has 4 rings (SSSR count). The van der Waals surface area contributed by atoms with Crippen LogP contribution in [0.25, 0.3) is 0 Å². The van der Waals surface area contributed by atoms with Crippen LogP contribution in [0.5, 0.6) is 34.5 Å². The van der Waals surface area contributed by atoms with E-state index in [0.29, 0.717) is 11.5 Å². The van der Waals surface area contributed by atoms with Crippen molar-refractivity contribution in [2.75, 3.05) is 0 Å². The van der Waals surface area contributed by atoms with Gasteiger partial charge >= 0.3 is 37.7 Å². The van der Waals surface area contributed by atoms with Crippen LogP contribution in [0.1, 0.15) is 128 Å². The Morgan fingerprint density at radius 2 is 0.912 bits per heavy atom. The number of phenols is 1. The topological polar surface area (TPSA) is 173 Å². The van der Waals surface area contributed by atoms with Gasteiger partial charge in [-0.1, -0.05) is 134 Å². The minimum absolute atomic E-state index is 0. The smallest absolute Gasteiger partial charge is 0.870 e. The molecule has 0 aromatic heterocycles. The third kappa shape index (κ3) is 20.1. The summed E-state index contributed by atoms with van der Waals surface area (Å²) >= 11 is 0. The summed E-state index contributed by atoms with van der Waals surface area (Å²) in [6.45, 7) is 4.46. The van der Waals surface area contributed by atoms with Gasteiger partial charge in [-0.05, 0) is 91.4 Å². The van der Waals surface area contributed by atoms with Crippen molar-refractivity contribution in [3.63, 3.8) is 0 Å². The largest absolute Gasteiger partial charge is 2.00 e. The number of hydrogen-bond acceptors (Lipinski definition) is 9. The molecule has 0 aliphatic rings. The summed E-state index contributed by atoms with van der Waals surface area (Å²) < 4.78 is 75.1. The fraction of sp³-hybridized carbons (Fsp3) is 0.455. The summed E-state index contributed by atoms with van der Waals surface area (Å²) in [5.41, 5.74) is 2.46. The summed E-state index contributed by atoms with van der Waals surface area (Å²) in [5, 5.41) is 21.8. The van der Waals surface area contributed by atoms with Crippen LogP contribution < -0.4 is 14.6 Å². The van der Waals surface area contributed by atoms with Crippen molar-refractivity contribution in [1.29, 1.82) is 0 Å². The van der Waals surface area contributed by atoms with Gasteiger partial charge in [-0.3, -0.25) is 4.55 Å². The first kappa shape index (κ1) is 50.3. The van der Waals surface area contributed by atoms with Crippen molar-refractivity contribution in [3.05, 3.63) is 96.1 Å². The van der Waals surface area contributed by atoms with Gasteiger partial charge in [0, 0.05) is 6.07 Å². The van der Waals surface area contributed by atoms with Crippen LogP contribution in [0, 0.1) is 0 Å². The fourth-order valence-corrected chi connectivity index (χ4v) is 7.09. The minimum Gasteiger partial charge on any atom is -0.870 e. The summed E-state index contributed by atoms with van der Waals surface area (Å²) in [4.78, 5) is -0.927. The predicted molar refractivity (Wildman–Crippen MR) is 223 cm³/mol. The van der Waals surface area contributed by atoms with Crippen molar-refractivity contribution in [1.82, 2.24) is 0 Å². The molecule has 0 saturated carbocycles. The minimum atomic E-state index is -4.65. The van der Waals surface area contributed by atoms with E-state index in [1.54, 1.807) is 12.1 Å². The van der Waals surface area contributed by atoms with Gasteiger partial charge < -0.3 is 24.2 Å². The number of unbranched alkanes of at least 4 members (excludes halogenated alkanes) is 14. The van der Waals surface area contributed by atoms with Crippen LogP contribution in [-0.2, 0) is 33.1 Å². The number of benzene rings is 4. The van der Waals surface area contributed by atoms with Gasteiger partial charge in [-0.25, -0.2) is 8.42 Å². The van der Waals surface area contributed by atoms with Crippen LogP contribution >= 0.6 is 0 Å². The molecule has 57 heavy (non-hydrogen) atoms. The Hall–Kier alpha value is -2.84. The van der Waals surface area contributed by atoms with E-state index in [1.807, 2.05) is 36.4 Å². The fourth-order valence-electron chi connectivity index (χ4n) is 6.10. The predicted octanol–water partition coefficient (Wildman–Crippen LogP) is 10.9.